The Balaban J connectivity index is 1.97. The topological polar surface area (TPSA) is 89.2 Å². The minimum absolute atomic E-state index is 0.00983. The average Bonchev–Trinajstić information content (AvgIpc) is 2.70. The number of anilines is 2. The van der Waals surface area contributed by atoms with Crippen LogP contribution in [0.1, 0.15) is 26.7 Å². The van der Waals surface area contributed by atoms with Gasteiger partial charge in [0, 0.05) is 12.6 Å². The molecule has 1 fully saturated rings. The summed E-state index contributed by atoms with van der Waals surface area (Å²) in [6.07, 6.45) is 2.44. The summed E-state index contributed by atoms with van der Waals surface area (Å²) in [5.74, 6) is 0.649. The van der Waals surface area contributed by atoms with Crippen LogP contribution < -0.4 is 15.8 Å². The van der Waals surface area contributed by atoms with Crippen LogP contribution in [0.25, 0.3) is 0 Å². The SMILES string of the molecule is CC(C)Oc1nc(N)nc(NCC2CCCN2C)n1. The van der Waals surface area contributed by atoms with Gasteiger partial charge in [-0.1, -0.05) is 0 Å². The van der Waals surface area contributed by atoms with Gasteiger partial charge in [0.05, 0.1) is 6.10 Å². The number of hydrogen-bond donors (Lipinski definition) is 2. The Labute approximate surface area is 113 Å². The molecule has 1 saturated heterocycles. The van der Waals surface area contributed by atoms with E-state index in [1.165, 1.54) is 12.8 Å². The van der Waals surface area contributed by atoms with Crippen molar-refractivity contribution < 1.29 is 4.74 Å². The quantitative estimate of drug-likeness (QED) is 0.812. The van der Waals surface area contributed by atoms with Gasteiger partial charge < -0.3 is 20.7 Å². The molecule has 1 aromatic heterocycles. The van der Waals surface area contributed by atoms with Crippen molar-refractivity contribution in [2.75, 3.05) is 31.2 Å². The fourth-order valence-corrected chi connectivity index (χ4v) is 2.16. The fourth-order valence-electron chi connectivity index (χ4n) is 2.16. The third-order valence-corrected chi connectivity index (χ3v) is 3.14. The average molecular weight is 266 g/mol. The summed E-state index contributed by atoms with van der Waals surface area (Å²) >= 11 is 0. The third-order valence-electron chi connectivity index (χ3n) is 3.14. The molecule has 1 unspecified atom stereocenters. The molecule has 3 N–H and O–H groups in total. The van der Waals surface area contributed by atoms with Crippen molar-refractivity contribution in [2.45, 2.75) is 38.8 Å². The maximum atomic E-state index is 5.65. The summed E-state index contributed by atoms with van der Waals surface area (Å²) in [5.41, 5.74) is 5.65. The molecule has 1 aliphatic heterocycles. The largest absolute Gasteiger partial charge is 0.461 e. The van der Waals surface area contributed by atoms with Crippen LogP contribution in [0.2, 0.25) is 0 Å². The van der Waals surface area contributed by atoms with Gasteiger partial charge in [-0.15, -0.1) is 0 Å². The molecule has 1 aromatic rings. The van der Waals surface area contributed by atoms with E-state index in [4.69, 9.17) is 10.5 Å². The molecule has 0 radical (unpaired) electrons. The van der Waals surface area contributed by atoms with Gasteiger partial charge in [0.25, 0.3) is 0 Å². The predicted octanol–water partition coefficient (Wildman–Crippen LogP) is 0.747. The van der Waals surface area contributed by atoms with E-state index < -0.39 is 0 Å². The van der Waals surface area contributed by atoms with Crippen LogP contribution in [0.15, 0.2) is 0 Å². The molecule has 0 aliphatic carbocycles. The van der Waals surface area contributed by atoms with E-state index in [-0.39, 0.29) is 18.1 Å². The van der Waals surface area contributed by atoms with Crippen molar-refractivity contribution >= 4 is 11.9 Å². The van der Waals surface area contributed by atoms with Crippen molar-refractivity contribution in [3.8, 4) is 6.01 Å². The Morgan fingerprint density at radius 2 is 2.21 bits per heavy atom. The second kappa shape index (κ2) is 6.01. The number of ether oxygens (including phenoxy) is 1. The number of hydrogen-bond acceptors (Lipinski definition) is 7. The van der Waals surface area contributed by atoms with Gasteiger partial charge in [0.2, 0.25) is 11.9 Å². The second-order valence-electron chi connectivity index (χ2n) is 5.12. The number of rotatable bonds is 5. The van der Waals surface area contributed by atoms with E-state index >= 15 is 0 Å². The minimum atomic E-state index is 0.00983. The Morgan fingerprint density at radius 3 is 2.84 bits per heavy atom. The molecule has 7 heteroatoms. The minimum Gasteiger partial charge on any atom is -0.461 e. The van der Waals surface area contributed by atoms with Crippen LogP contribution in [0, 0.1) is 0 Å². The predicted molar refractivity (Wildman–Crippen MR) is 74.1 cm³/mol. The summed E-state index contributed by atoms with van der Waals surface area (Å²) in [4.78, 5) is 14.6. The van der Waals surface area contributed by atoms with E-state index in [1.807, 2.05) is 13.8 Å². The fraction of sp³-hybridized carbons (Fsp3) is 0.750. The zero-order valence-electron chi connectivity index (χ0n) is 11.8. The number of nitrogen functional groups attached to an aromatic ring is 1. The van der Waals surface area contributed by atoms with Crippen molar-refractivity contribution in [1.29, 1.82) is 0 Å². The molecule has 7 nitrogen and oxygen atoms in total. The van der Waals surface area contributed by atoms with E-state index in [9.17, 15) is 0 Å². The van der Waals surface area contributed by atoms with Gasteiger partial charge in [0.15, 0.2) is 0 Å². The van der Waals surface area contributed by atoms with Crippen molar-refractivity contribution in [3.05, 3.63) is 0 Å². The number of nitrogens with two attached hydrogens (primary N) is 1. The lowest BCUT2D eigenvalue weighted by atomic mass is 10.2. The standard InChI is InChI=1S/C12H22N6O/c1-8(2)19-12-16-10(13)15-11(17-12)14-7-9-5-4-6-18(9)3/h8-9H,4-7H2,1-3H3,(H3,13,14,15,16,17). The molecule has 2 rings (SSSR count). The Hall–Kier alpha value is -1.63. The van der Waals surface area contributed by atoms with Crippen LogP contribution in [0.4, 0.5) is 11.9 Å². The van der Waals surface area contributed by atoms with Crippen molar-refractivity contribution in [2.24, 2.45) is 0 Å². The molecular formula is C12H22N6O. The van der Waals surface area contributed by atoms with E-state index in [0.29, 0.717) is 12.0 Å². The lowest BCUT2D eigenvalue weighted by Crippen LogP contribution is -2.32. The Bertz CT molecular complexity index is 425. The van der Waals surface area contributed by atoms with E-state index in [2.05, 4.69) is 32.2 Å². The summed E-state index contributed by atoms with van der Waals surface area (Å²) in [6.45, 7) is 5.79. The smallest absolute Gasteiger partial charge is 0.323 e. The summed E-state index contributed by atoms with van der Waals surface area (Å²) < 4.78 is 5.44. The Kier molecular flexibility index (Phi) is 4.36. The maximum Gasteiger partial charge on any atom is 0.323 e. The van der Waals surface area contributed by atoms with Crippen molar-refractivity contribution in [1.82, 2.24) is 19.9 Å². The molecule has 106 valence electrons. The summed E-state index contributed by atoms with van der Waals surface area (Å²) in [7, 11) is 2.13. The highest BCUT2D eigenvalue weighted by Gasteiger charge is 2.20. The Morgan fingerprint density at radius 1 is 1.42 bits per heavy atom. The lowest BCUT2D eigenvalue weighted by Gasteiger charge is -2.19. The van der Waals surface area contributed by atoms with Crippen LogP contribution in [0.5, 0.6) is 6.01 Å². The molecule has 0 saturated carbocycles. The number of nitrogens with one attached hydrogen (secondary N) is 1. The van der Waals surface area contributed by atoms with Crippen LogP contribution in [-0.2, 0) is 0 Å². The molecular weight excluding hydrogens is 244 g/mol. The molecule has 1 aliphatic rings. The van der Waals surface area contributed by atoms with E-state index in [1.54, 1.807) is 0 Å². The first-order valence-electron chi connectivity index (χ1n) is 6.67. The van der Waals surface area contributed by atoms with Crippen LogP contribution in [-0.4, -0.2) is 52.1 Å². The second-order valence-corrected chi connectivity index (χ2v) is 5.12. The van der Waals surface area contributed by atoms with Gasteiger partial charge >= 0.3 is 6.01 Å². The monoisotopic (exact) mass is 266 g/mol. The van der Waals surface area contributed by atoms with Crippen LogP contribution in [0.3, 0.4) is 0 Å². The first kappa shape index (κ1) is 13.8. The summed E-state index contributed by atoms with van der Waals surface area (Å²) in [5, 5.41) is 3.21. The third kappa shape index (κ3) is 3.92. The molecule has 0 aromatic carbocycles. The zero-order chi connectivity index (χ0) is 13.8. The molecule has 1 atom stereocenters. The van der Waals surface area contributed by atoms with Gasteiger partial charge in [-0.05, 0) is 40.3 Å². The number of likely N-dealkylation sites (N-methyl/N-ethyl adjacent to an activating group) is 1. The molecule has 19 heavy (non-hydrogen) atoms. The number of likely N-dealkylation sites (tertiary alicyclic amines) is 1. The molecule has 0 spiro atoms. The molecule has 2 heterocycles. The normalized spacial score (nSPS) is 19.9. The van der Waals surface area contributed by atoms with Gasteiger partial charge in [0.1, 0.15) is 0 Å². The highest BCUT2D eigenvalue weighted by Crippen LogP contribution is 2.16. The highest BCUT2D eigenvalue weighted by atomic mass is 16.5. The van der Waals surface area contributed by atoms with Gasteiger partial charge in [-0.3, -0.25) is 0 Å². The number of nitrogens with zero attached hydrogens (tertiary/aromatic N) is 4. The van der Waals surface area contributed by atoms with Gasteiger partial charge in [-0.25, -0.2) is 0 Å². The summed E-state index contributed by atoms with van der Waals surface area (Å²) in [6, 6.07) is 0.789. The van der Waals surface area contributed by atoms with Gasteiger partial charge in [-0.2, -0.15) is 15.0 Å². The molecule has 0 amide bonds. The number of aromatic nitrogens is 3. The molecule has 0 bridgehead atoms. The van der Waals surface area contributed by atoms with Crippen LogP contribution >= 0.6 is 0 Å². The lowest BCUT2D eigenvalue weighted by molar-refractivity contribution is 0.222. The first-order valence-corrected chi connectivity index (χ1v) is 6.67. The highest BCUT2D eigenvalue weighted by molar-refractivity contribution is 5.32. The van der Waals surface area contributed by atoms with E-state index in [0.717, 1.165) is 13.1 Å². The maximum absolute atomic E-state index is 5.65. The van der Waals surface area contributed by atoms with Crippen molar-refractivity contribution in [3.63, 3.8) is 0 Å². The first-order chi connectivity index (χ1) is 9.04. The zero-order valence-corrected chi connectivity index (χ0v) is 11.8.